The molecule has 2 heterocycles. The predicted molar refractivity (Wildman–Crippen MR) is 65.9 cm³/mol. The number of aromatic carboxylic acids is 1. The van der Waals surface area contributed by atoms with Crippen molar-refractivity contribution in [2.75, 3.05) is 6.61 Å². The SMILES string of the molecule is O=C(O)c1ccc(-c2ccc3c(c2)CCO3)s1. The third-order valence-electron chi connectivity index (χ3n) is 2.79. The molecular weight excluding hydrogens is 236 g/mol. The lowest BCUT2D eigenvalue weighted by Gasteiger charge is -2.01. The van der Waals surface area contributed by atoms with Crippen molar-refractivity contribution in [3.05, 3.63) is 40.8 Å². The number of hydrogen-bond acceptors (Lipinski definition) is 3. The summed E-state index contributed by atoms with van der Waals surface area (Å²) in [6.07, 6.45) is 0.931. The molecule has 1 aromatic carbocycles. The minimum Gasteiger partial charge on any atom is -0.493 e. The lowest BCUT2D eigenvalue weighted by molar-refractivity contribution is 0.0702. The highest BCUT2D eigenvalue weighted by molar-refractivity contribution is 7.17. The van der Waals surface area contributed by atoms with E-state index in [2.05, 4.69) is 6.07 Å². The van der Waals surface area contributed by atoms with Crippen LogP contribution in [0.1, 0.15) is 15.2 Å². The van der Waals surface area contributed by atoms with Crippen molar-refractivity contribution in [1.29, 1.82) is 0 Å². The van der Waals surface area contributed by atoms with Crippen LogP contribution in [-0.4, -0.2) is 17.7 Å². The summed E-state index contributed by atoms with van der Waals surface area (Å²) >= 11 is 1.30. The van der Waals surface area contributed by atoms with Gasteiger partial charge in [-0.25, -0.2) is 4.79 Å². The summed E-state index contributed by atoms with van der Waals surface area (Å²) in [4.78, 5) is 12.2. The zero-order chi connectivity index (χ0) is 11.8. The highest BCUT2D eigenvalue weighted by Gasteiger charge is 2.14. The summed E-state index contributed by atoms with van der Waals surface area (Å²) < 4.78 is 5.44. The summed E-state index contributed by atoms with van der Waals surface area (Å²) in [7, 11) is 0. The van der Waals surface area contributed by atoms with Crippen LogP contribution >= 0.6 is 11.3 Å². The average Bonchev–Trinajstić information content (AvgIpc) is 2.97. The molecule has 4 heteroatoms. The average molecular weight is 246 g/mol. The van der Waals surface area contributed by atoms with E-state index in [-0.39, 0.29) is 0 Å². The summed E-state index contributed by atoms with van der Waals surface area (Å²) in [5.41, 5.74) is 2.26. The van der Waals surface area contributed by atoms with Crippen LogP contribution in [0.2, 0.25) is 0 Å². The van der Waals surface area contributed by atoms with Gasteiger partial charge in [0.25, 0.3) is 0 Å². The molecule has 1 aromatic heterocycles. The number of carboxylic acid groups (broad SMARTS) is 1. The van der Waals surface area contributed by atoms with Crippen molar-refractivity contribution in [3.8, 4) is 16.2 Å². The Morgan fingerprint density at radius 2 is 2.18 bits per heavy atom. The molecule has 0 fully saturated rings. The van der Waals surface area contributed by atoms with Gasteiger partial charge in [-0.05, 0) is 41.5 Å². The molecule has 17 heavy (non-hydrogen) atoms. The molecule has 1 aliphatic heterocycles. The van der Waals surface area contributed by atoms with Crippen molar-refractivity contribution in [2.45, 2.75) is 6.42 Å². The Balaban J connectivity index is 2.00. The van der Waals surface area contributed by atoms with Crippen LogP contribution in [0.25, 0.3) is 10.4 Å². The molecule has 2 aromatic rings. The van der Waals surface area contributed by atoms with Crippen molar-refractivity contribution in [2.24, 2.45) is 0 Å². The molecule has 0 aliphatic carbocycles. The van der Waals surface area contributed by atoms with E-state index in [9.17, 15) is 4.79 Å². The Morgan fingerprint density at radius 3 is 2.94 bits per heavy atom. The fraction of sp³-hybridized carbons (Fsp3) is 0.154. The third kappa shape index (κ3) is 1.80. The quantitative estimate of drug-likeness (QED) is 0.885. The first-order valence-corrected chi connectivity index (χ1v) is 6.15. The van der Waals surface area contributed by atoms with Gasteiger partial charge in [-0.15, -0.1) is 11.3 Å². The first-order valence-electron chi connectivity index (χ1n) is 5.33. The molecule has 3 nitrogen and oxygen atoms in total. The van der Waals surface area contributed by atoms with E-state index in [4.69, 9.17) is 9.84 Å². The van der Waals surface area contributed by atoms with Crippen LogP contribution in [0.4, 0.5) is 0 Å². The van der Waals surface area contributed by atoms with E-state index in [0.717, 1.165) is 29.2 Å². The first kappa shape index (κ1) is 10.4. The molecule has 0 bridgehead atoms. The zero-order valence-electron chi connectivity index (χ0n) is 8.97. The van der Waals surface area contributed by atoms with E-state index in [1.165, 1.54) is 16.9 Å². The minimum absolute atomic E-state index is 0.372. The maximum absolute atomic E-state index is 10.8. The number of hydrogen-bond donors (Lipinski definition) is 1. The Morgan fingerprint density at radius 1 is 1.29 bits per heavy atom. The molecule has 1 N–H and O–H groups in total. The number of fused-ring (bicyclic) bond motifs is 1. The van der Waals surface area contributed by atoms with Gasteiger partial charge in [-0.3, -0.25) is 0 Å². The van der Waals surface area contributed by atoms with E-state index in [1.807, 2.05) is 18.2 Å². The number of benzene rings is 1. The van der Waals surface area contributed by atoms with Crippen LogP contribution in [0, 0.1) is 0 Å². The molecule has 0 saturated heterocycles. The second-order valence-electron chi connectivity index (χ2n) is 3.89. The van der Waals surface area contributed by atoms with Crippen molar-refractivity contribution < 1.29 is 14.6 Å². The number of rotatable bonds is 2. The number of ether oxygens (including phenoxy) is 1. The highest BCUT2D eigenvalue weighted by Crippen LogP contribution is 2.33. The van der Waals surface area contributed by atoms with E-state index < -0.39 is 5.97 Å². The lowest BCUT2D eigenvalue weighted by atomic mass is 10.1. The van der Waals surface area contributed by atoms with Gasteiger partial charge in [0.2, 0.25) is 0 Å². The van der Waals surface area contributed by atoms with Crippen LogP contribution < -0.4 is 4.74 Å². The Kier molecular flexibility index (Phi) is 2.37. The summed E-state index contributed by atoms with van der Waals surface area (Å²) in [6.45, 7) is 0.740. The number of thiophene rings is 1. The second kappa shape index (κ2) is 3.89. The topological polar surface area (TPSA) is 46.5 Å². The third-order valence-corrected chi connectivity index (χ3v) is 3.91. The molecule has 86 valence electrons. The molecule has 0 spiro atoms. The van der Waals surface area contributed by atoms with Gasteiger partial charge in [0.15, 0.2) is 0 Å². The molecule has 3 rings (SSSR count). The van der Waals surface area contributed by atoms with Gasteiger partial charge in [0.05, 0.1) is 6.61 Å². The lowest BCUT2D eigenvalue weighted by Crippen LogP contribution is -1.89. The zero-order valence-corrected chi connectivity index (χ0v) is 9.79. The molecular formula is C13H10O3S. The fourth-order valence-corrected chi connectivity index (χ4v) is 2.79. The van der Waals surface area contributed by atoms with Crippen LogP contribution in [-0.2, 0) is 6.42 Å². The van der Waals surface area contributed by atoms with Crippen LogP contribution in [0.3, 0.4) is 0 Å². The van der Waals surface area contributed by atoms with E-state index in [0.29, 0.717) is 4.88 Å². The van der Waals surface area contributed by atoms with Crippen molar-refractivity contribution >= 4 is 17.3 Å². The number of carbonyl (C=O) groups is 1. The second-order valence-corrected chi connectivity index (χ2v) is 4.97. The Bertz CT molecular complexity index is 586. The van der Waals surface area contributed by atoms with Crippen molar-refractivity contribution in [1.82, 2.24) is 0 Å². The van der Waals surface area contributed by atoms with Gasteiger partial charge < -0.3 is 9.84 Å². The normalized spacial score (nSPS) is 13.2. The minimum atomic E-state index is -0.870. The smallest absolute Gasteiger partial charge is 0.345 e. The summed E-state index contributed by atoms with van der Waals surface area (Å²) in [5, 5.41) is 8.89. The maximum atomic E-state index is 10.8. The van der Waals surface area contributed by atoms with Crippen LogP contribution in [0.5, 0.6) is 5.75 Å². The van der Waals surface area contributed by atoms with E-state index >= 15 is 0 Å². The molecule has 1 aliphatic rings. The molecule has 0 radical (unpaired) electrons. The van der Waals surface area contributed by atoms with Gasteiger partial charge in [0, 0.05) is 11.3 Å². The Hall–Kier alpha value is -1.81. The largest absolute Gasteiger partial charge is 0.493 e. The fourth-order valence-electron chi connectivity index (χ4n) is 1.95. The van der Waals surface area contributed by atoms with Crippen LogP contribution in [0.15, 0.2) is 30.3 Å². The summed E-state index contributed by atoms with van der Waals surface area (Å²) in [6, 6.07) is 9.51. The number of carboxylic acids is 1. The Labute approximate surface area is 102 Å². The molecule has 0 saturated carbocycles. The first-order chi connectivity index (χ1) is 8.24. The summed E-state index contributed by atoms with van der Waals surface area (Å²) in [5.74, 6) is 0.0782. The maximum Gasteiger partial charge on any atom is 0.345 e. The van der Waals surface area contributed by atoms with Gasteiger partial charge in [0.1, 0.15) is 10.6 Å². The monoisotopic (exact) mass is 246 g/mol. The van der Waals surface area contributed by atoms with Gasteiger partial charge in [-0.2, -0.15) is 0 Å². The molecule has 0 amide bonds. The standard InChI is InChI=1S/C13H10O3S/c14-13(15)12-4-3-11(17-12)9-1-2-10-8(7-9)5-6-16-10/h1-4,7H,5-6H2,(H,14,15). The van der Waals surface area contributed by atoms with Crippen molar-refractivity contribution in [3.63, 3.8) is 0 Å². The highest BCUT2D eigenvalue weighted by atomic mass is 32.1. The molecule has 0 unspecified atom stereocenters. The molecule has 0 atom stereocenters. The van der Waals surface area contributed by atoms with E-state index in [1.54, 1.807) is 6.07 Å². The van der Waals surface area contributed by atoms with Gasteiger partial charge in [-0.1, -0.05) is 0 Å². The van der Waals surface area contributed by atoms with Gasteiger partial charge >= 0.3 is 5.97 Å². The predicted octanol–water partition coefficient (Wildman–Crippen LogP) is 3.05.